The number of rotatable bonds is 4. The fourth-order valence-corrected chi connectivity index (χ4v) is 1.73. The lowest BCUT2D eigenvalue weighted by Crippen LogP contribution is -2.45. The summed E-state index contributed by atoms with van der Waals surface area (Å²) < 4.78 is 35.5. The molecule has 3 N–H and O–H groups in total. The molecule has 0 fully saturated rings. The van der Waals surface area contributed by atoms with E-state index < -0.39 is 29.9 Å². The highest BCUT2D eigenvalue weighted by molar-refractivity contribution is 8.00. The molecule has 1 aromatic heterocycles. The summed E-state index contributed by atoms with van der Waals surface area (Å²) in [6.45, 7) is 0.00534. The van der Waals surface area contributed by atoms with Crippen LogP contribution in [0.2, 0.25) is 0 Å². The van der Waals surface area contributed by atoms with Crippen molar-refractivity contribution in [2.45, 2.75) is 23.5 Å². The van der Waals surface area contributed by atoms with E-state index in [1.165, 1.54) is 18.4 Å². The van der Waals surface area contributed by atoms with Crippen molar-refractivity contribution < 1.29 is 22.8 Å². The van der Waals surface area contributed by atoms with Crippen molar-refractivity contribution in [2.24, 2.45) is 0 Å². The van der Waals surface area contributed by atoms with Gasteiger partial charge in [-0.25, -0.2) is 9.78 Å². The van der Waals surface area contributed by atoms with Gasteiger partial charge in [0.05, 0.1) is 5.25 Å². The molecule has 0 radical (unpaired) electrons. The van der Waals surface area contributed by atoms with Crippen molar-refractivity contribution in [2.75, 3.05) is 6.54 Å². The predicted octanol–water partition coefficient (Wildman–Crippen LogP) is 1.28. The molecule has 0 aromatic carbocycles. The SMILES string of the molecule is CC(Sc1ncc[nH]1)C(=O)NC(=O)NCC(F)(F)F. The number of urea groups is 1. The maximum absolute atomic E-state index is 11.8. The van der Waals surface area contributed by atoms with E-state index in [1.54, 1.807) is 6.20 Å². The lowest BCUT2D eigenvalue weighted by Gasteiger charge is -2.11. The molecule has 0 spiro atoms. The molecule has 0 saturated heterocycles. The Labute approximate surface area is 110 Å². The summed E-state index contributed by atoms with van der Waals surface area (Å²) in [4.78, 5) is 29.1. The molecule has 0 saturated carbocycles. The maximum atomic E-state index is 11.8. The van der Waals surface area contributed by atoms with Crippen molar-refractivity contribution in [3.05, 3.63) is 12.4 Å². The van der Waals surface area contributed by atoms with Crippen molar-refractivity contribution >= 4 is 23.7 Å². The standard InChI is InChI=1S/C9H11F3N4O2S/c1-5(19-8-13-2-3-14-8)6(17)16-7(18)15-4-9(10,11)12/h2-3,5H,4H2,1H3,(H,13,14)(H2,15,16,17,18). The molecule has 1 rings (SSSR count). The van der Waals surface area contributed by atoms with Gasteiger partial charge in [0, 0.05) is 12.4 Å². The van der Waals surface area contributed by atoms with Crippen LogP contribution in [-0.2, 0) is 4.79 Å². The molecule has 0 aliphatic carbocycles. The first kappa shape index (κ1) is 15.3. The van der Waals surface area contributed by atoms with Crippen LogP contribution >= 0.6 is 11.8 Å². The third-order valence-corrected chi connectivity index (χ3v) is 2.83. The van der Waals surface area contributed by atoms with Gasteiger partial charge in [-0.1, -0.05) is 11.8 Å². The number of aromatic amines is 1. The number of amides is 3. The predicted molar refractivity (Wildman–Crippen MR) is 61.5 cm³/mol. The fourth-order valence-electron chi connectivity index (χ4n) is 0.974. The summed E-state index contributed by atoms with van der Waals surface area (Å²) in [5.41, 5.74) is 0. The molecule has 0 aliphatic heterocycles. The maximum Gasteiger partial charge on any atom is 0.405 e. The quantitative estimate of drug-likeness (QED) is 0.730. The second-order valence-corrected chi connectivity index (χ2v) is 4.77. The number of halogens is 3. The van der Waals surface area contributed by atoms with Gasteiger partial charge in [0.15, 0.2) is 5.16 Å². The van der Waals surface area contributed by atoms with E-state index in [0.29, 0.717) is 5.16 Å². The van der Waals surface area contributed by atoms with Gasteiger partial charge in [-0.15, -0.1) is 0 Å². The number of carbonyl (C=O) groups is 2. The number of hydrogen-bond acceptors (Lipinski definition) is 4. The Morgan fingerprint density at radius 1 is 1.53 bits per heavy atom. The van der Waals surface area contributed by atoms with Gasteiger partial charge in [-0.3, -0.25) is 10.1 Å². The molecule has 1 unspecified atom stereocenters. The molecule has 106 valence electrons. The number of H-pyrrole nitrogens is 1. The lowest BCUT2D eigenvalue weighted by molar-refractivity contribution is -0.124. The molecule has 10 heteroatoms. The topological polar surface area (TPSA) is 86.9 Å². The average Bonchev–Trinajstić information content (AvgIpc) is 2.78. The van der Waals surface area contributed by atoms with Crippen molar-refractivity contribution in [1.29, 1.82) is 0 Å². The van der Waals surface area contributed by atoms with E-state index in [4.69, 9.17) is 0 Å². The van der Waals surface area contributed by atoms with Crippen LogP contribution in [0.25, 0.3) is 0 Å². The molecule has 0 aliphatic rings. The van der Waals surface area contributed by atoms with E-state index in [1.807, 2.05) is 5.32 Å². The number of nitrogens with zero attached hydrogens (tertiary/aromatic N) is 1. The van der Waals surface area contributed by atoms with Gasteiger partial charge in [-0.05, 0) is 6.92 Å². The fraction of sp³-hybridized carbons (Fsp3) is 0.444. The number of imide groups is 1. The molecule has 3 amide bonds. The first-order chi connectivity index (χ1) is 8.78. The van der Waals surface area contributed by atoms with Crippen LogP contribution in [0.1, 0.15) is 6.92 Å². The monoisotopic (exact) mass is 296 g/mol. The Kier molecular flexibility index (Phi) is 5.21. The lowest BCUT2D eigenvalue weighted by atomic mass is 10.4. The molecule has 19 heavy (non-hydrogen) atoms. The summed E-state index contributed by atoms with van der Waals surface area (Å²) in [5.74, 6) is -0.707. The highest BCUT2D eigenvalue weighted by Gasteiger charge is 2.28. The van der Waals surface area contributed by atoms with Gasteiger partial charge >= 0.3 is 12.2 Å². The molecule has 6 nitrogen and oxygen atoms in total. The highest BCUT2D eigenvalue weighted by Crippen LogP contribution is 2.18. The summed E-state index contributed by atoms with van der Waals surface area (Å²) in [6, 6.07) is -1.19. The number of carbonyl (C=O) groups excluding carboxylic acids is 2. The summed E-state index contributed by atoms with van der Waals surface area (Å²) in [6.07, 6.45) is -1.47. The van der Waals surface area contributed by atoms with Crippen LogP contribution in [0, 0.1) is 0 Å². The smallest absolute Gasteiger partial charge is 0.340 e. The number of imidazole rings is 1. The Hall–Kier alpha value is -1.71. The molecule has 1 atom stereocenters. The van der Waals surface area contributed by atoms with E-state index >= 15 is 0 Å². The molecule has 1 aromatic rings. The minimum absolute atomic E-state index is 0.471. The van der Waals surface area contributed by atoms with Crippen LogP contribution in [0.4, 0.5) is 18.0 Å². The Bertz CT molecular complexity index is 435. The van der Waals surface area contributed by atoms with Crippen LogP contribution in [0.5, 0.6) is 0 Å². The summed E-state index contributed by atoms with van der Waals surface area (Å²) in [7, 11) is 0. The van der Waals surface area contributed by atoms with Gasteiger partial charge in [0.25, 0.3) is 0 Å². The largest absolute Gasteiger partial charge is 0.405 e. The average molecular weight is 296 g/mol. The Morgan fingerprint density at radius 2 is 2.21 bits per heavy atom. The second kappa shape index (κ2) is 6.45. The minimum Gasteiger partial charge on any atom is -0.340 e. The van der Waals surface area contributed by atoms with E-state index in [-0.39, 0.29) is 0 Å². The number of aromatic nitrogens is 2. The summed E-state index contributed by atoms with van der Waals surface area (Å²) in [5, 5.41) is 3.14. The van der Waals surface area contributed by atoms with Crippen molar-refractivity contribution in [3.63, 3.8) is 0 Å². The number of thioether (sulfide) groups is 1. The van der Waals surface area contributed by atoms with Crippen LogP contribution in [0.15, 0.2) is 17.6 Å². The zero-order chi connectivity index (χ0) is 14.5. The third kappa shape index (κ3) is 6.13. The zero-order valence-electron chi connectivity index (χ0n) is 9.75. The van der Waals surface area contributed by atoms with Gasteiger partial charge in [0.2, 0.25) is 5.91 Å². The summed E-state index contributed by atoms with van der Waals surface area (Å²) >= 11 is 1.04. The highest BCUT2D eigenvalue weighted by atomic mass is 32.2. The van der Waals surface area contributed by atoms with Gasteiger partial charge in [0.1, 0.15) is 6.54 Å². The molecular weight excluding hydrogens is 285 g/mol. The van der Waals surface area contributed by atoms with Crippen LogP contribution in [-0.4, -0.2) is 39.9 Å². The van der Waals surface area contributed by atoms with E-state index in [9.17, 15) is 22.8 Å². The van der Waals surface area contributed by atoms with Gasteiger partial charge in [-0.2, -0.15) is 13.2 Å². The normalized spacial score (nSPS) is 12.8. The molecular formula is C9H11F3N4O2S. The van der Waals surface area contributed by atoms with Crippen LogP contribution in [0.3, 0.4) is 0 Å². The first-order valence-corrected chi connectivity index (χ1v) is 5.97. The zero-order valence-corrected chi connectivity index (χ0v) is 10.6. The Morgan fingerprint density at radius 3 is 2.74 bits per heavy atom. The minimum atomic E-state index is -4.52. The molecule has 1 heterocycles. The number of alkyl halides is 3. The number of nitrogens with one attached hydrogen (secondary N) is 3. The molecule has 0 bridgehead atoms. The Balaban J connectivity index is 2.35. The van der Waals surface area contributed by atoms with Gasteiger partial charge < -0.3 is 10.3 Å². The van der Waals surface area contributed by atoms with Crippen molar-refractivity contribution in [1.82, 2.24) is 20.6 Å². The third-order valence-electron chi connectivity index (χ3n) is 1.82. The number of hydrogen-bond donors (Lipinski definition) is 3. The van der Waals surface area contributed by atoms with E-state index in [2.05, 4.69) is 9.97 Å². The second-order valence-electron chi connectivity index (χ2n) is 3.44. The van der Waals surface area contributed by atoms with E-state index in [0.717, 1.165) is 11.8 Å². The van der Waals surface area contributed by atoms with Crippen LogP contribution < -0.4 is 10.6 Å². The first-order valence-electron chi connectivity index (χ1n) is 5.09. The van der Waals surface area contributed by atoms with Crippen molar-refractivity contribution in [3.8, 4) is 0 Å².